The molecule has 0 rings (SSSR count). The highest BCUT2D eigenvalue weighted by Crippen LogP contribution is 1.91. The first kappa shape index (κ1) is 14.9. The normalized spacial score (nSPS) is 12.8. The number of amidine groups is 2. The fourth-order valence-electron chi connectivity index (χ4n) is 1.02. The van der Waals surface area contributed by atoms with Crippen LogP contribution in [-0.4, -0.2) is 35.2 Å². The summed E-state index contributed by atoms with van der Waals surface area (Å²) in [6.45, 7) is 5.30. The van der Waals surface area contributed by atoms with E-state index >= 15 is 0 Å². The highest BCUT2D eigenvalue weighted by molar-refractivity contribution is 6.39. The third-order valence-corrected chi connectivity index (χ3v) is 2.00. The Hall–Kier alpha value is -1.14. The molecule has 0 aliphatic rings. The molecule has 0 aromatic carbocycles. The molecule has 0 fully saturated rings. The van der Waals surface area contributed by atoms with Crippen LogP contribution in [0, 0.1) is 0 Å². The van der Waals surface area contributed by atoms with Crippen LogP contribution >= 0.6 is 0 Å². The number of nitrogens with zero attached hydrogens (tertiary/aromatic N) is 2. The van der Waals surface area contributed by atoms with E-state index in [1.807, 2.05) is 11.0 Å². The molecule has 0 heterocycles. The van der Waals surface area contributed by atoms with E-state index in [9.17, 15) is 0 Å². The Balaban J connectivity index is 4.36. The van der Waals surface area contributed by atoms with Gasteiger partial charge < -0.3 is 0 Å². The van der Waals surface area contributed by atoms with Crippen LogP contribution in [0.1, 0.15) is 39.5 Å². The lowest BCUT2D eigenvalue weighted by Crippen LogP contribution is -2.37. The SMILES string of the molecule is CCCCN=C(NO)C(=NCCCC)NO. The minimum absolute atomic E-state index is 0.173. The Morgan fingerprint density at radius 1 is 0.875 bits per heavy atom. The van der Waals surface area contributed by atoms with Gasteiger partial charge in [-0.15, -0.1) is 0 Å². The Morgan fingerprint density at radius 3 is 1.50 bits per heavy atom. The third kappa shape index (κ3) is 6.36. The second-order valence-corrected chi connectivity index (χ2v) is 3.39. The molecule has 0 unspecified atom stereocenters. The van der Waals surface area contributed by atoms with Crippen LogP contribution < -0.4 is 11.0 Å². The van der Waals surface area contributed by atoms with Gasteiger partial charge in [0.05, 0.1) is 0 Å². The highest BCUT2D eigenvalue weighted by atomic mass is 16.5. The second kappa shape index (κ2) is 10.4. The fourth-order valence-corrected chi connectivity index (χ4v) is 1.02. The fraction of sp³-hybridized carbons (Fsp3) is 0.800. The van der Waals surface area contributed by atoms with Crippen LogP contribution in [0.15, 0.2) is 9.98 Å². The zero-order chi connectivity index (χ0) is 12.2. The molecule has 0 saturated heterocycles. The van der Waals surface area contributed by atoms with Crippen molar-refractivity contribution in [3.63, 3.8) is 0 Å². The molecule has 0 aromatic heterocycles. The van der Waals surface area contributed by atoms with Gasteiger partial charge in [-0.3, -0.25) is 20.4 Å². The van der Waals surface area contributed by atoms with E-state index < -0.39 is 0 Å². The molecule has 0 saturated carbocycles. The summed E-state index contributed by atoms with van der Waals surface area (Å²) >= 11 is 0. The lowest BCUT2D eigenvalue weighted by Gasteiger charge is -2.07. The van der Waals surface area contributed by atoms with E-state index in [1.54, 1.807) is 0 Å². The van der Waals surface area contributed by atoms with Gasteiger partial charge in [0.2, 0.25) is 0 Å². The summed E-state index contributed by atoms with van der Waals surface area (Å²) in [5.41, 5.74) is 3.87. The first-order valence-electron chi connectivity index (χ1n) is 5.69. The molecular formula is C10H22N4O2. The standard InChI is InChI=1S/C10H22N4O2/c1-3-5-7-11-9(13-15)10(14-16)12-8-6-4-2/h15-16H,3-8H2,1-2H3,(H,11,13)(H,12,14). The minimum atomic E-state index is 0.173. The maximum atomic E-state index is 8.87. The third-order valence-electron chi connectivity index (χ3n) is 2.00. The molecule has 0 amide bonds. The van der Waals surface area contributed by atoms with E-state index in [0.717, 1.165) is 25.7 Å². The van der Waals surface area contributed by atoms with Gasteiger partial charge in [-0.2, -0.15) is 0 Å². The Bertz CT molecular complexity index is 205. The summed E-state index contributed by atoms with van der Waals surface area (Å²) in [6.07, 6.45) is 3.91. The molecule has 0 atom stereocenters. The van der Waals surface area contributed by atoms with E-state index in [0.29, 0.717) is 13.1 Å². The molecule has 6 heteroatoms. The van der Waals surface area contributed by atoms with Crippen molar-refractivity contribution in [2.75, 3.05) is 13.1 Å². The molecule has 0 spiro atoms. The quantitative estimate of drug-likeness (QED) is 0.240. The number of rotatable bonds is 6. The first-order chi connectivity index (χ1) is 7.79. The van der Waals surface area contributed by atoms with Gasteiger partial charge in [-0.25, -0.2) is 11.0 Å². The summed E-state index contributed by atoms with van der Waals surface area (Å²) in [6, 6.07) is 0. The smallest absolute Gasteiger partial charge is 0.190 e. The maximum absolute atomic E-state index is 8.87. The van der Waals surface area contributed by atoms with Crippen molar-refractivity contribution >= 4 is 11.7 Å². The Morgan fingerprint density at radius 2 is 1.25 bits per heavy atom. The number of nitrogens with one attached hydrogen (secondary N) is 2. The van der Waals surface area contributed by atoms with Crippen LogP contribution in [0.25, 0.3) is 0 Å². The van der Waals surface area contributed by atoms with E-state index in [2.05, 4.69) is 23.8 Å². The molecule has 0 radical (unpaired) electrons. The van der Waals surface area contributed by atoms with E-state index in [-0.39, 0.29) is 11.7 Å². The number of hydrogen-bond acceptors (Lipinski definition) is 4. The first-order valence-corrected chi connectivity index (χ1v) is 5.69. The lowest BCUT2D eigenvalue weighted by molar-refractivity contribution is 0.223. The summed E-state index contributed by atoms with van der Waals surface area (Å²) < 4.78 is 0. The molecule has 0 aromatic rings. The zero-order valence-corrected chi connectivity index (χ0v) is 10.0. The molecule has 6 nitrogen and oxygen atoms in total. The van der Waals surface area contributed by atoms with Crippen molar-refractivity contribution in [2.24, 2.45) is 9.98 Å². The van der Waals surface area contributed by atoms with Gasteiger partial charge in [0.25, 0.3) is 0 Å². The van der Waals surface area contributed by atoms with E-state index in [4.69, 9.17) is 10.4 Å². The largest absolute Gasteiger partial charge is 0.290 e. The van der Waals surface area contributed by atoms with Crippen molar-refractivity contribution in [1.82, 2.24) is 11.0 Å². The predicted molar refractivity (Wildman–Crippen MR) is 64.3 cm³/mol. The van der Waals surface area contributed by atoms with Gasteiger partial charge in [-0.1, -0.05) is 26.7 Å². The average molecular weight is 230 g/mol. The van der Waals surface area contributed by atoms with Crippen molar-refractivity contribution in [1.29, 1.82) is 0 Å². The number of aliphatic imine (C=N–C) groups is 2. The zero-order valence-electron chi connectivity index (χ0n) is 10.0. The summed E-state index contributed by atoms with van der Waals surface area (Å²) in [7, 11) is 0. The summed E-state index contributed by atoms with van der Waals surface area (Å²) in [4.78, 5) is 8.17. The van der Waals surface area contributed by atoms with Gasteiger partial charge in [0.1, 0.15) is 0 Å². The molecule has 0 aliphatic carbocycles. The van der Waals surface area contributed by atoms with Gasteiger partial charge in [0, 0.05) is 13.1 Å². The van der Waals surface area contributed by atoms with Crippen LogP contribution in [0.5, 0.6) is 0 Å². The van der Waals surface area contributed by atoms with Crippen molar-refractivity contribution < 1.29 is 10.4 Å². The van der Waals surface area contributed by atoms with Gasteiger partial charge in [-0.05, 0) is 12.8 Å². The Kier molecular flexibility index (Phi) is 9.64. The average Bonchev–Trinajstić information content (AvgIpc) is 2.31. The summed E-state index contributed by atoms with van der Waals surface area (Å²) in [5.74, 6) is 0.346. The molecule has 16 heavy (non-hydrogen) atoms. The van der Waals surface area contributed by atoms with Gasteiger partial charge in [0.15, 0.2) is 11.7 Å². The summed E-state index contributed by atoms with van der Waals surface area (Å²) in [5, 5.41) is 17.7. The molecule has 4 N–H and O–H groups in total. The number of unbranched alkanes of at least 4 members (excludes halogenated alkanes) is 2. The minimum Gasteiger partial charge on any atom is -0.290 e. The molecule has 0 aliphatic heterocycles. The topological polar surface area (TPSA) is 89.2 Å². The Labute approximate surface area is 96.4 Å². The number of hydrogen-bond donors (Lipinski definition) is 4. The van der Waals surface area contributed by atoms with Crippen LogP contribution in [-0.2, 0) is 0 Å². The van der Waals surface area contributed by atoms with Crippen molar-refractivity contribution in [2.45, 2.75) is 39.5 Å². The van der Waals surface area contributed by atoms with E-state index in [1.165, 1.54) is 0 Å². The van der Waals surface area contributed by atoms with Crippen LogP contribution in [0.3, 0.4) is 0 Å². The number of hydroxylamine groups is 2. The highest BCUT2D eigenvalue weighted by Gasteiger charge is 2.05. The van der Waals surface area contributed by atoms with Crippen molar-refractivity contribution in [3.05, 3.63) is 0 Å². The van der Waals surface area contributed by atoms with Crippen LogP contribution in [0.4, 0.5) is 0 Å². The molecular weight excluding hydrogens is 208 g/mol. The second-order valence-electron chi connectivity index (χ2n) is 3.39. The molecule has 0 bridgehead atoms. The van der Waals surface area contributed by atoms with Crippen molar-refractivity contribution in [3.8, 4) is 0 Å². The predicted octanol–water partition coefficient (Wildman–Crippen LogP) is 1.34. The molecule has 94 valence electrons. The monoisotopic (exact) mass is 230 g/mol. The van der Waals surface area contributed by atoms with Crippen LogP contribution in [0.2, 0.25) is 0 Å². The maximum Gasteiger partial charge on any atom is 0.190 e. The lowest BCUT2D eigenvalue weighted by atomic mass is 10.3. The van der Waals surface area contributed by atoms with Gasteiger partial charge >= 0.3 is 0 Å².